The molecule has 2 fully saturated rings. The minimum absolute atomic E-state index is 0. The number of carbonyl (C=O) groups excluding carboxylic acids is 1. The van der Waals surface area contributed by atoms with Crippen LogP contribution in [0, 0.1) is 5.82 Å². The van der Waals surface area contributed by atoms with Gasteiger partial charge in [0.25, 0.3) is 0 Å². The van der Waals surface area contributed by atoms with Crippen LogP contribution in [-0.2, 0) is 4.79 Å². The van der Waals surface area contributed by atoms with E-state index in [-0.39, 0.29) is 24.1 Å². The van der Waals surface area contributed by atoms with E-state index in [0.29, 0.717) is 37.3 Å². The number of halogens is 2. The van der Waals surface area contributed by atoms with Gasteiger partial charge in [0.15, 0.2) is 0 Å². The lowest BCUT2D eigenvalue weighted by atomic mass is 10.1. The van der Waals surface area contributed by atoms with Crippen LogP contribution < -0.4 is 10.1 Å². The first kappa shape index (κ1) is 18.0. The standard InChI is InChI=1S/C17H23FN2O2.ClH/c18-13-3-1-4-16(11-13)22-10-2-5-17(21)20-14-6-7-15(20)12-19-9-8-14;/h1,3-4,11,14-15,19H,2,5-10,12H2;1H. The highest BCUT2D eigenvalue weighted by Gasteiger charge is 2.37. The van der Waals surface area contributed by atoms with Gasteiger partial charge in [0, 0.05) is 31.1 Å². The molecule has 1 amide bonds. The van der Waals surface area contributed by atoms with Crippen molar-refractivity contribution in [3.8, 4) is 5.75 Å². The third-order valence-corrected chi connectivity index (χ3v) is 4.54. The maximum Gasteiger partial charge on any atom is 0.223 e. The molecule has 2 saturated heterocycles. The molecule has 0 aromatic heterocycles. The summed E-state index contributed by atoms with van der Waals surface area (Å²) in [6.07, 6.45) is 4.48. The lowest BCUT2D eigenvalue weighted by molar-refractivity contribution is -0.134. The highest BCUT2D eigenvalue weighted by Crippen LogP contribution is 2.28. The first-order valence-electron chi connectivity index (χ1n) is 8.14. The first-order chi connectivity index (χ1) is 10.7. The van der Waals surface area contributed by atoms with Crippen molar-refractivity contribution in [3.63, 3.8) is 0 Å². The summed E-state index contributed by atoms with van der Waals surface area (Å²) in [5.74, 6) is 0.452. The van der Waals surface area contributed by atoms with Crippen LogP contribution in [0.1, 0.15) is 32.1 Å². The second-order valence-corrected chi connectivity index (χ2v) is 6.09. The Labute approximate surface area is 142 Å². The molecule has 2 unspecified atom stereocenters. The molecule has 128 valence electrons. The molecule has 1 aromatic carbocycles. The van der Waals surface area contributed by atoms with Gasteiger partial charge in [-0.1, -0.05) is 6.07 Å². The van der Waals surface area contributed by atoms with Crippen LogP contribution in [0.5, 0.6) is 5.75 Å². The van der Waals surface area contributed by atoms with Gasteiger partial charge in [-0.3, -0.25) is 4.79 Å². The van der Waals surface area contributed by atoms with Gasteiger partial charge in [-0.2, -0.15) is 0 Å². The highest BCUT2D eigenvalue weighted by atomic mass is 35.5. The number of fused-ring (bicyclic) bond motifs is 2. The fourth-order valence-electron chi connectivity index (χ4n) is 3.49. The molecule has 2 aliphatic rings. The van der Waals surface area contributed by atoms with E-state index in [0.717, 1.165) is 32.4 Å². The second-order valence-electron chi connectivity index (χ2n) is 6.09. The van der Waals surface area contributed by atoms with E-state index in [9.17, 15) is 9.18 Å². The molecule has 2 aliphatic heterocycles. The Morgan fingerprint density at radius 1 is 1.30 bits per heavy atom. The second kappa shape index (κ2) is 8.50. The molecular formula is C17H24ClFN2O2. The van der Waals surface area contributed by atoms with E-state index < -0.39 is 0 Å². The SMILES string of the molecule is Cl.O=C(CCCOc1cccc(F)c1)N1C2CCNCC1CC2. The maximum atomic E-state index is 13.0. The number of nitrogens with zero attached hydrogens (tertiary/aromatic N) is 1. The Balaban J connectivity index is 0.00000192. The van der Waals surface area contributed by atoms with Crippen molar-refractivity contribution in [2.75, 3.05) is 19.7 Å². The van der Waals surface area contributed by atoms with Gasteiger partial charge in [0.2, 0.25) is 5.91 Å². The highest BCUT2D eigenvalue weighted by molar-refractivity contribution is 5.85. The van der Waals surface area contributed by atoms with Crippen molar-refractivity contribution in [2.45, 2.75) is 44.2 Å². The summed E-state index contributed by atoms with van der Waals surface area (Å²) in [6.45, 7) is 2.37. The summed E-state index contributed by atoms with van der Waals surface area (Å²) in [7, 11) is 0. The van der Waals surface area contributed by atoms with E-state index >= 15 is 0 Å². The van der Waals surface area contributed by atoms with E-state index in [1.54, 1.807) is 12.1 Å². The van der Waals surface area contributed by atoms with Gasteiger partial charge in [-0.25, -0.2) is 4.39 Å². The molecule has 23 heavy (non-hydrogen) atoms. The number of ether oxygens (including phenoxy) is 1. The number of hydrogen-bond donors (Lipinski definition) is 1. The Hall–Kier alpha value is -1.33. The van der Waals surface area contributed by atoms with Crippen molar-refractivity contribution in [2.24, 2.45) is 0 Å². The fourth-order valence-corrected chi connectivity index (χ4v) is 3.49. The van der Waals surface area contributed by atoms with Crippen molar-refractivity contribution in [3.05, 3.63) is 30.1 Å². The van der Waals surface area contributed by atoms with E-state index in [4.69, 9.17) is 4.74 Å². The predicted molar refractivity (Wildman–Crippen MR) is 89.5 cm³/mol. The molecule has 2 heterocycles. The first-order valence-corrected chi connectivity index (χ1v) is 8.14. The smallest absolute Gasteiger partial charge is 0.223 e. The van der Waals surface area contributed by atoms with Crippen LogP contribution in [0.25, 0.3) is 0 Å². The average molecular weight is 343 g/mol. The Kier molecular flexibility index (Phi) is 6.66. The van der Waals surface area contributed by atoms with Crippen LogP contribution in [0.4, 0.5) is 4.39 Å². The van der Waals surface area contributed by atoms with Crippen LogP contribution in [0.15, 0.2) is 24.3 Å². The fraction of sp³-hybridized carbons (Fsp3) is 0.588. The molecular weight excluding hydrogens is 319 g/mol. The largest absolute Gasteiger partial charge is 0.493 e. The zero-order chi connectivity index (χ0) is 15.4. The summed E-state index contributed by atoms with van der Waals surface area (Å²) in [5.41, 5.74) is 0. The van der Waals surface area contributed by atoms with E-state index in [1.165, 1.54) is 12.1 Å². The summed E-state index contributed by atoms with van der Waals surface area (Å²) in [6, 6.07) is 6.88. The van der Waals surface area contributed by atoms with Gasteiger partial charge in [-0.15, -0.1) is 12.4 Å². The number of hydrogen-bond acceptors (Lipinski definition) is 3. The molecule has 1 aromatic rings. The van der Waals surface area contributed by atoms with E-state index in [2.05, 4.69) is 10.2 Å². The molecule has 6 heteroatoms. The molecule has 0 saturated carbocycles. The Morgan fingerprint density at radius 3 is 2.96 bits per heavy atom. The maximum absolute atomic E-state index is 13.0. The summed E-state index contributed by atoms with van der Waals surface area (Å²) in [4.78, 5) is 14.6. The van der Waals surface area contributed by atoms with Crippen LogP contribution in [-0.4, -0.2) is 42.6 Å². The quantitative estimate of drug-likeness (QED) is 0.837. The van der Waals surface area contributed by atoms with E-state index in [1.807, 2.05) is 0 Å². The molecule has 0 spiro atoms. The van der Waals surface area contributed by atoms with Gasteiger partial charge in [0.05, 0.1) is 6.61 Å². The summed E-state index contributed by atoms with van der Waals surface area (Å²) in [5, 5.41) is 3.40. The van der Waals surface area contributed by atoms with Crippen molar-refractivity contribution < 1.29 is 13.9 Å². The van der Waals surface area contributed by atoms with Gasteiger partial charge < -0.3 is 15.0 Å². The monoisotopic (exact) mass is 342 g/mol. The molecule has 2 bridgehead atoms. The number of rotatable bonds is 5. The molecule has 0 radical (unpaired) electrons. The zero-order valence-corrected chi connectivity index (χ0v) is 14.0. The van der Waals surface area contributed by atoms with Crippen LogP contribution >= 0.6 is 12.4 Å². The third-order valence-electron chi connectivity index (χ3n) is 4.54. The molecule has 1 N–H and O–H groups in total. The lowest BCUT2D eigenvalue weighted by Crippen LogP contribution is -2.42. The minimum atomic E-state index is -0.304. The number of nitrogens with one attached hydrogen (secondary N) is 1. The summed E-state index contributed by atoms with van der Waals surface area (Å²) >= 11 is 0. The Bertz CT molecular complexity index is 515. The number of amides is 1. The molecule has 0 aliphatic carbocycles. The Morgan fingerprint density at radius 2 is 2.13 bits per heavy atom. The molecule has 2 atom stereocenters. The average Bonchev–Trinajstić information content (AvgIpc) is 2.77. The normalized spacial score (nSPS) is 23.1. The van der Waals surface area contributed by atoms with Crippen molar-refractivity contribution >= 4 is 18.3 Å². The zero-order valence-electron chi connectivity index (χ0n) is 13.2. The lowest BCUT2D eigenvalue weighted by Gasteiger charge is -2.28. The van der Waals surface area contributed by atoms with Crippen molar-refractivity contribution in [1.82, 2.24) is 10.2 Å². The number of carbonyl (C=O) groups is 1. The van der Waals surface area contributed by atoms with Crippen LogP contribution in [0.3, 0.4) is 0 Å². The molecule has 4 nitrogen and oxygen atoms in total. The summed E-state index contributed by atoms with van der Waals surface area (Å²) < 4.78 is 18.5. The molecule has 3 rings (SSSR count). The van der Waals surface area contributed by atoms with Gasteiger partial charge >= 0.3 is 0 Å². The van der Waals surface area contributed by atoms with Crippen molar-refractivity contribution in [1.29, 1.82) is 0 Å². The number of benzene rings is 1. The van der Waals surface area contributed by atoms with Gasteiger partial charge in [0.1, 0.15) is 11.6 Å². The van der Waals surface area contributed by atoms with Gasteiger partial charge in [-0.05, 0) is 44.4 Å². The topological polar surface area (TPSA) is 41.6 Å². The predicted octanol–water partition coefficient (Wildman–Crippen LogP) is 2.76. The third kappa shape index (κ3) is 4.58. The van der Waals surface area contributed by atoms with Crippen LogP contribution in [0.2, 0.25) is 0 Å². The minimum Gasteiger partial charge on any atom is -0.493 e.